The Morgan fingerprint density at radius 3 is 2.35 bits per heavy atom. The first kappa shape index (κ1) is 14.6. The van der Waals surface area contributed by atoms with Crippen LogP contribution in [-0.4, -0.2) is 6.04 Å². The van der Waals surface area contributed by atoms with Gasteiger partial charge in [-0.2, -0.15) is 0 Å². The van der Waals surface area contributed by atoms with Crippen LogP contribution in [0.2, 0.25) is 0 Å². The van der Waals surface area contributed by atoms with Crippen molar-refractivity contribution >= 4 is 0 Å². The van der Waals surface area contributed by atoms with Gasteiger partial charge in [-0.3, -0.25) is 0 Å². The van der Waals surface area contributed by atoms with Crippen LogP contribution in [0.5, 0.6) is 5.75 Å². The molecule has 0 saturated heterocycles. The van der Waals surface area contributed by atoms with Crippen molar-refractivity contribution < 1.29 is 4.74 Å². The van der Waals surface area contributed by atoms with Crippen molar-refractivity contribution in [3.8, 4) is 5.75 Å². The second-order valence-corrected chi connectivity index (χ2v) is 5.49. The van der Waals surface area contributed by atoms with Gasteiger partial charge in [-0.25, -0.2) is 0 Å². The van der Waals surface area contributed by atoms with Crippen LogP contribution >= 0.6 is 0 Å². The molecule has 0 bridgehead atoms. The van der Waals surface area contributed by atoms with E-state index in [9.17, 15) is 0 Å². The average molecular weight is 269 g/mol. The van der Waals surface area contributed by atoms with Gasteiger partial charge in [0.1, 0.15) is 12.4 Å². The summed E-state index contributed by atoms with van der Waals surface area (Å²) in [5.41, 5.74) is 10.9. The van der Waals surface area contributed by atoms with Gasteiger partial charge in [-0.1, -0.05) is 30.3 Å². The second kappa shape index (κ2) is 6.58. The van der Waals surface area contributed by atoms with Crippen molar-refractivity contribution in [3.63, 3.8) is 0 Å². The minimum absolute atomic E-state index is 0.170. The van der Waals surface area contributed by atoms with Crippen molar-refractivity contribution in [2.45, 2.75) is 39.8 Å². The van der Waals surface area contributed by atoms with Crippen LogP contribution in [0, 0.1) is 13.8 Å². The van der Waals surface area contributed by atoms with Crippen LogP contribution < -0.4 is 10.5 Å². The standard InChI is InChI=1S/C18H23NO/c1-13-6-4-7-14(2)18(13)12-20-17-9-5-8-16(11-17)10-15(3)19/h4-9,11,15H,10,12,19H2,1-3H3. The van der Waals surface area contributed by atoms with Crippen molar-refractivity contribution in [2.24, 2.45) is 5.73 Å². The minimum Gasteiger partial charge on any atom is -0.489 e. The van der Waals surface area contributed by atoms with Crippen molar-refractivity contribution in [2.75, 3.05) is 0 Å². The van der Waals surface area contributed by atoms with E-state index >= 15 is 0 Å². The largest absolute Gasteiger partial charge is 0.489 e. The highest BCUT2D eigenvalue weighted by atomic mass is 16.5. The van der Waals surface area contributed by atoms with Gasteiger partial charge in [0.25, 0.3) is 0 Å². The number of hydrogen-bond donors (Lipinski definition) is 1. The van der Waals surface area contributed by atoms with E-state index in [2.05, 4.69) is 44.2 Å². The highest BCUT2D eigenvalue weighted by Crippen LogP contribution is 2.19. The van der Waals surface area contributed by atoms with Gasteiger partial charge in [-0.05, 0) is 61.6 Å². The lowest BCUT2D eigenvalue weighted by atomic mass is 10.0. The van der Waals surface area contributed by atoms with E-state index in [0.717, 1.165) is 12.2 Å². The second-order valence-electron chi connectivity index (χ2n) is 5.49. The molecule has 0 heterocycles. The molecule has 2 nitrogen and oxygen atoms in total. The molecule has 1 unspecified atom stereocenters. The van der Waals surface area contributed by atoms with Crippen LogP contribution in [0.15, 0.2) is 42.5 Å². The molecule has 106 valence electrons. The third kappa shape index (κ3) is 3.84. The molecule has 2 rings (SSSR count). The van der Waals surface area contributed by atoms with E-state index in [1.165, 1.54) is 22.3 Å². The summed E-state index contributed by atoms with van der Waals surface area (Å²) in [6.45, 7) is 6.88. The molecule has 2 heteroatoms. The smallest absolute Gasteiger partial charge is 0.120 e. The summed E-state index contributed by atoms with van der Waals surface area (Å²) < 4.78 is 5.94. The highest BCUT2D eigenvalue weighted by molar-refractivity contribution is 5.34. The summed E-state index contributed by atoms with van der Waals surface area (Å²) >= 11 is 0. The quantitative estimate of drug-likeness (QED) is 0.896. The fraction of sp³-hybridized carbons (Fsp3) is 0.333. The molecule has 2 aromatic rings. The van der Waals surface area contributed by atoms with E-state index in [4.69, 9.17) is 10.5 Å². The maximum absolute atomic E-state index is 5.94. The number of benzene rings is 2. The zero-order chi connectivity index (χ0) is 14.5. The third-order valence-electron chi connectivity index (χ3n) is 3.48. The van der Waals surface area contributed by atoms with Gasteiger partial charge in [0.2, 0.25) is 0 Å². The zero-order valence-electron chi connectivity index (χ0n) is 12.5. The van der Waals surface area contributed by atoms with E-state index in [1.54, 1.807) is 0 Å². The molecule has 1 atom stereocenters. The lowest BCUT2D eigenvalue weighted by Crippen LogP contribution is -2.17. The summed E-state index contributed by atoms with van der Waals surface area (Å²) in [5, 5.41) is 0. The predicted octanol–water partition coefficient (Wildman–Crippen LogP) is 3.77. The molecular weight excluding hydrogens is 246 g/mol. The number of hydrogen-bond acceptors (Lipinski definition) is 2. The fourth-order valence-electron chi connectivity index (χ4n) is 2.37. The maximum atomic E-state index is 5.94. The van der Waals surface area contributed by atoms with Crippen LogP contribution in [0.4, 0.5) is 0 Å². The highest BCUT2D eigenvalue weighted by Gasteiger charge is 2.04. The van der Waals surface area contributed by atoms with Crippen molar-refractivity contribution in [1.82, 2.24) is 0 Å². The topological polar surface area (TPSA) is 35.2 Å². The van der Waals surface area contributed by atoms with Gasteiger partial charge in [-0.15, -0.1) is 0 Å². The summed E-state index contributed by atoms with van der Waals surface area (Å²) in [6, 6.07) is 14.7. The summed E-state index contributed by atoms with van der Waals surface area (Å²) in [7, 11) is 0. The molecule has 20 heavy (non-hydrogen) atoms. The molecule has 0 aromatic heterocycles. The van der Waals surface area contributed by atoms with Gasteiger partial charge in [0.15, 0.2) is 0 Å². The van der Waals surface area contributed by atoms with Crippen LogP contribution in [0.3, 0.4) is 0 Å². The lowest BCUT2D eigenvalue weighted by Gasteiger charge is -2.12. The Hall–Kier alpha value is -1.80. The Morgan fingerprint density at radius 2 is 1.70 bits per heavy atom. The van der Waals surface area contributed by atoms with E-state index < -0.39 is 0 Å². The van der Waals surface area contributed by atoms with Crippen LogP contribution in [0.1, 0.15) is 29.2 Å². The van der Waals surface area contributed by atoms with Gasteiger partial charge >= 0.3 is 0 Å². The first-order valence-corrected chi connectivity index (χ1v) is 7.08. The first-order chi connectivity index (χ1) is 9.56. The Balaban J connectivity index is 2.07. The molecule has 0 aliphatic rings. The number of rotatable bonds is 5. The molecular formula is C18H23NO. The molecule has 2 aromatic carbocycles. The lowest BCUT2D eigenvalue weighted by molar-refractivity contribution is 0.304. The van der Waals surface area contributed by atoms with Crippen LogP contribution in [0.25, 0.3) is 0 Å². The minimum atomic E-state index is 0.170. The molecule has 0 radical (unpaired) electrons. The van der Waals surface area contributed by atoms with E-state index in [1.807, 2.05) is 19.1 Å². The third-order valence-corrected chi connectivity index (χ3v) is 3.48. The normalized spacial score (nSPS) is 12.2. The van der Waals surface area contributed by atoms with Gasteiger partial charge in [0, 0.05) is 6.04 Å². The Bertz CT molecular complexity index is 555. The maximum Gasteiger partial charge on any atom is 0.120 e. The number of ether oxygens (including phenoxy) is 1. The predicted molar refractivity (Wildman–Crippen MR) is 84.0 cm³/mol. The van der Waals surface area contributed by atoms with Crippen molar-refractivity contribution in [3.05, 3.63) is 64.7 Å². The van der Waals surface area contributed by atoms with E-state index in [0.29, 0.717) is 6.61 Å². The molecule has 0 aliphatic carbocycles. The molecule has 0 amide bonds. The Kier molecular flexibility index (Phi) is 4.80. The SMILES string of the molecule is Cc1cccc(C)c1COc1cccc(CC(C)N)c1. The van der Waals surface area contributed by atoms with Crippen LogP contribution in [-0.2, 0) is 13.0 Å². The Labute approximate surface area is 121 Å². The number of nitrogens with two attached hydrogens (primary N) is 1. The molecule has 2 N–H and O–H groups in total. The summed E-state index contributed by atoms with van der Waals surface area (Å²) in [6.07, 6.45) is 0.876. The average Bonchev–Trinajstić information content (AvgIpc) is 2.38. The van der Waals surface area contributed by atoms with Crippen molar-refractivity contribution in [1.29, 1.82) is 0 Å². The monoisotopic (exact) mass is 269 g/mol. The zero-order valence-corrected chi connectivity index (χ0v) is 12.5. The van der Waals surface area contributed by atoms with Gasteiger partial charge < -0.3 is 10.5 Å². The van der Waals surface area contributed by atoms with E-state index in [-0.39, 0.29) is 6.04 Å². The molecule has 0 saturated carbocycles. The Morgan fingerprint density at radius 1 is 1.05 bits per heavy atom. The molecule has 0 aliphatic heterocycles. The molecule has 0 spiro atoms. The first-order valence-electron chi connectivity index (χ1n) is 7.08. The molecule has 0 fully saturated rings. The summed E-state index contributed by atoms with van der Waals surface area (Å²) in [5.74, 6) is 0.908. The number of aryl methyl sites for hydroxylation is 2. The summed E-state index contributed by atoms with van der Waals surface area (Å²) in [4.78, 5) is 0. The fourth-order valence-corrected chi connectivity index (χ4v) is 2.37. The van der Waals surface area contributed by atoms with Gasteiger partial charge in [0.05, 0.1) is 0 Å².